The minimum absolute atomic E-state index is 0.136. The fourth-order valence-electron chi connectivity index (χ4n) is 2.83. The van der Waals surface area contributed by atoms with Crippen LogP contribution in [0.15, 0.2) is 76.3 Å². The van der Waals surface area contributed by atoms with Gasteiger partial charge in [-0.15, -0.1) is 0 Å². The first-order chi connectivity index (χ1) is 14.0. The molecule has 0 saturated heterocycles. The number of hydrazone groups is 1. The molecule has 4 nitrogen and oxygen atoms in total. The molecule has 5 heteroatoms. The van der Waals surface area contributed by atoms with E-state index in [0.29, 0.717) is 13.0 Å². The summed E-state index contributed by atoms with van der Waals surface area (Å²) in [6.45, 7) is 4.56. The summed E-state index contributed by atoms with van der Waals surface area (Å²) < 4.78 is 6.83. The summed E-state index contributed by atoms with van der Waals surface area (Å²) in [5.41, 5.74) is 7.88. The molecule has 0 fully saturated rings. The Labute approximate surface area is 179 Å². The topological polar surface area (TPSA) is 50.7 Å². The van der Waals surface area contributed by atoms with Crippen molar-refractivity contribution in [3.8, 4) is 5.75 Å². The third-order valence-corrected chi connectivity index (χ3v) is 4.98. The molecule has 3 aromatic rings. The number of ether oxygens (including phenoxy) is 1. The summed E-state index contributed by atoms with van der Waals surface area (Å²) in [5, 5.41) is 4.05. The SMILES string of the molecule is Cc1ccc(CC(=O)N/N=C/c2ccc(OCc3ccc(Br)cc3)cc2)c(C)c1. The van der Waals surface area contributed by atoms with E-state index in [1.165, 1.54) is 5.56 Å². The van der Waals surface area contributed by atoms with Crippen LogP contribution in [0.1, 0.15) is 27.8 Å². The number of carbonyl (C=O) groups excluding carboxylic acids is 1. The fourth-order valence-corrected chi connectivity index (χ4v) is 3.10. The number of hydrogen-bond donors (Lipinski definition) is 1. The van der Waals surface area contributed by atoms with Crippen molar-refractivity contribution in [1.82, 2.24) is 5.43 Å². The maximum Gasteiger partial charge on any atom is 0.244 e. The molecule has 0 saturated carbocycles. The Balaban J connectivity index is 1.47. The van der Waals surface area contributed by atoms with E-state index in [9.17, 15) is 4.79 Å². The fraction of sp³-hybridized carbons (Fsp3) is 0.167. The second kappa shape index (κ2) is 10.0. The highest BCUT2D eigenvalue weighted by Crippen LogP contribution is 2.15. The van der Waals surface area contributed by atoms with Gasteiger partial charge < -0.3 is 4.74 Å². The van der Waals surface area contributed by atoms with Crippen molar-refractivity contribution < 1.29 is 9.53 Å². The Morgan fingerprint density at radius 2 is 1.76 bits per heavy atom. The Hall–Kier alpha value is -2.92. The van der Waals surface area contributed by atoms with E-state index in [1.54, 1.807) is 6.21 Å². The molecule has 3 aromatic carbocycles. The average Bonchev–Trinajstić information content (AvgIpc) is 2.71. The third kappa shape index (κ3) is 6.57. The quantitative estimate of drug-likeness (QED) is 0.390. The molecule has 0 radical (unpaired) electrons. The van der Waals surface area contributed by atoms with Gasteiger partial charge in [0.25, 0.3) is 0 Å². The minimum atomic E-state index is -0.136. The first-order valence-corrected chi connectivity index (χ1v) is 10.1. The first-order valence-electron chi connectivity index (χ1n) is 9.35. The van der Waals surface area contributed by atoms with E-state index in [4.69, 9.17) is 4.74 Å². The normalized spacial score (nSPS) is 10.9. The molecule has 0 heterocycles. The summed E-state index contributed by atoms with van der Waals surface area (Å²) in [5.74, 6) is 0.645. The van der Waals surface area contributed by atoms with Crippen molar-refractivity contribution in [2.75, 3.05) is 0 Å². The molecule has 0 aliphatic rings. The molecule has 0 aliphatic carbocycles. The van der Waals surface area contributed by atoms with Gasteiger partial charge in [0.15, 0.2) is 0 Å². The molecule has 148 valence electrons. The van der Waals surface area contributed by atoms with Gasteiger partial charge in [0, 0.05) is 4.47 Å². The summed E-state index contributed by atoms with van der Waals surface area (Å²) in [7, 11) is 0. The van der Waals surface area contributed by atoms with Gasteiger partial charge in [0.1, 0.15) is 12.4 Å². The van der Waals surface area contributed by atoms with Crippen molar-refractivity contribution in [3.05, 3.63) is 99.0 Å². The third-order valence-electron chi connectivity index (χ3n) is 4.45. The van der Waals surface area contributed by atoms with Crippen LogP contribution in [0.4, 0.5) is 0 Å². The largest absolute Gasteiger partial charge is 0.489 e. The van der Waals surface area contributed by atoms with Crippen molar-refractivity contribution in [2.24, 2.45) is 5.10 Å². The molecule has 1 amide bonds. The molecule has 0 spiro atoms. The van der Waals surface area contributed by atoms with E-state index in [-0.39, 0.29) is 5.91 Å². The number of aryl methyl sites for hydroxylation is 2. The zero-order chi connectivity index (χ0) is 20.6. The number of hydrogen-bond acceptors (Lipinski definition) is 3. The highest BCUT2D eigenvalue weighted by molar-refractivity contribution is 9.10. The maximum absolute atomic E-state index is 12.1. The van der Waals surface area contributed by atoms with Gasteiger partial charge in [-0.05, 0) is 72.5 Å². The van der Waals surface area contributed by atoms with Crippen LogP contribution >= 0.6 is 15.9 Å². The van der Waals surface area contributed by atoms with Crippen LogP contribution in [0.5, 0.6) is 5.75 Å². The van der Waals surface area contributed by atoms with Gasteiger partial charge in [-0.2, -0.15) is 5.10 Å². The molecule has 0 unspecified atom stereocenters. The lowest BCUT2D eigenvalue weighted by Crippen LogP contribution is -2.20. The molecule has 0 atom stereocenters. The van der Waals surface area contributed by atoms with Gasteiger partial charge in [0.05, 0.1) is 12.6 Å². The van der Waals surface area contributed by atoms with Crippen molar-refractivity contribution in [3.63, 3.8) is 0 Å². The monoisotopic (exact) mass is 450 g/mol. The zero-order valence-electron chi connectivity index (χ0n) is 16.5. The first kappa shape index (κ1) is 20.8. The number of benzene rings is 3. The lowest BCUT2D eigenvalue weighted by Gasteiger charge is -2.07. The molecule has 0 bridgehead atoms. The number of carbonyl (C=O) groups is 1. The Morgan fingerprint density at radius 3 is 2.45 bits per heavy atom. The van der Waals surface area contributed by atoms with E-state index in [1.807, 2.05) is 74.5 Å². The second-order valence-corrected chi connectivity index (χ2v) is 7.80. The van der Waals surface area contributed by atoms with E-state index in [0.717, 1.165) is 32.5 Å². The number of nitrogens with one attached hydrogen (secondary N) is 1. The molecule has 0 aliphatic heterocycles. The van der Waals surface area contributed by atoms with Crippen molar-refractivity contribution in [2.45, 2.75) is 26.9 Å². The maximum atomic E-state index is 12.1. The van der Waals surface area contributed by atoms with Crippen molar-refractivity contribution >= 4 is 28.1 Å². The number of nitrogens with zero attached hydrogens (tertiary/aromatic N) is 1. The van der Waals surface area contributed by atoms with Crippen LogP contribution < -0.4 is 10.2 Å². The van der Waals surface area contributed by atoms with Crippen LogP contribution in [-0.4, -0.2) is 12.1 Å². The lowest BCUT2D eigenvalue weighted by atomic mass is 10.0. The van der Waals surface area contributed by atoms with Crippen LogP contribution in [-0.2, 0) is 17.8 Å². The predicted octanol–water partition coefficient (Wildman–Crippen LogP) is 5.34. The summed E-state index contributed by atoms with van der Waals surface area (Å²) in [6.07, 6.45) is 1.94. The van der Waals surface area contributed by atoms with Crippen molar-refractivity contribution in [1.29, 1.82) is 0 Å². The van der Waals surface area contributed by atoms with Gasteiger partial charge >= 0.3 is 0 Å². The highest BCUT2D eigenvalue weighted by atomic mass is 79.9. The van der Waals surface area contributed by atoms with Gasteiger partial charge in [-0.3, -0.25) is 4.79 Å². The van der Waals surface area contributed by atoms with Crippen LogP contribution in [0.3, 0.4) is 0 Å². The van der Waals surface area contributed by atoms with E-state index < -0.39 is 0 Å². The van der Waals surface area contributed by atoms with E-state index >= 15 is 0 Å². The lowest BCUT2D eigenvalue weighted by molar-refractivity contribution is -0.120. The molecular weight excluding hydrogens is 428 g/mol. The standard InChI is InChI=1S/C24H23BrN2O2/c1-17-3-8-21(18(2)13-17)14-24(28)27-26-15-19-6-11-23(12-7-19)29-16-20-4-9-22(25)10-5-20/h3-13,15H,14,16H2,1-2H3,(H,27,28)/b26-15+. The molecule has 1 N–H and O–H groups in total. The van der Waals surface area contributed by atoms with Crippen LogP contribution in [0.2, 0.25) is 0 Å². The molecule has 0 aromatic heterocycles. The van der Waals surface area contributed by atoms with Gasteiger partial charge in [-0.1, -0.05) is 51.8 Å². The molecular formula is C24H23BrN2O2. The molecule has 3 rings (SSSR count). The number of halogens is 1. The summed E-state index contributed by atoms with van der Waals surface area (Å²) >= 11 is 3.42. The van der Waals surface area contributed by atoms with E-state index in [2.05, 4.69) is 32.5 Å². The Kier molecular flexibility index (Phi) is 7.19. The summed E-state index contributed by atoms with van der Waals surface area (Å²) in [6, 6.07) is 21.7. The summed E-state index contributed by atoms with van der Waals surface area (Å²) in [4.78, 5) is 12.1. The number of amides is 1. The van der Waals surface area contributed by atoms with Gasteiger partial charge in [0.2, 0.25) is 5.91 Å². The Bertz CT molecular complexity index is 996. The zero-order valence-corrected chi connectivity index (χ0v) is 18.1. The second-order valence-electron chi connectivity index (χ2n) is 6.88. The van der Waals surface area contributed by atoms with Crippen LogP contribution in [0, 0.1) is 13.8 Å². The minimum Gasteiger partial charge on any atom is -0.489 e. The van der Waals surface area contributed by atoms with Gasteiger partial charge in [-0.25, -0.2) is 5.43 Å². The molecule has 29 heavy (non-hydrogen) atoms. The highest BCUT2D eigenvalue weighted by Gasteiger charge is 2.05. The average molecular weight is 451 g/mol. The van der Waals surface area contributed by atoms with Crippen LogP contribution in [0.25, 0.3) is 0 Å². The number of rotatable bonds is 7. The Morgan fingerprint density at radius 1 is 1.03 bits per heavy atom. The predicted molar refractivity (Wildman–Crippen MR) is 120 cm³/mol. The smallest absolute Gasteiger partial charge is 0.244 e.